The number of imidazole rings is 1. The van der Waals surface area contributed by atoms with Crippen LogP contribution in [0.2, 0.25) is 0 Å². The summed E-state index contributed by atoms with van der Waals surface area (Å²) in [6.45, 7) is 2.11. The average Bonchev–Trinajstić information content (AvgIpc) is 3.07. The molecule has 0 aliphatic heterocycles. The van der Waals surface area contributed by atoms with Crippen molar-refractivity contribution in [2.45, 2.75) is 25.2 Å². The number of carbonyl (C=O) groups excluding carboxylic acids is 2. The van der Waals surface area contributed by atoms with Crippen molar-refractivity contribution in [3.63, 3.8) is 0 Å². The fourth-order valence-electron chi connectivity index (χ4n) is 2.43. The Balaban J connectivity index is 2.05. The number of methoxy groups -OCH3 is 2. The normalized spacial score (nSPS) is 10.4. The van der Waals surface area contributed by atoms with Crippen LogP contribution in [0.3, 0.4) is 0 Å². The molecule has 2 amide bonds. The van der Waals surface area contributed by atoms with Crippen LogP contribution in [-0.4, -0.2) is 53.0 Å². The van der Waals surface area contributed by atoms with Gasteiger partial charge in [0.05, 0.1) is 44.2 Å². The highest BCUT2D eigenvalue weighted by Gasteiger charge is 2.15. The summed E-state index contributed by atoms with van der Waals surface area (Å²) in [5.74, 6) is 0.711. The maximum atomic E-state index is 12.4. The largest absolute Gasteiger partial charge is 0.497 e. The fraction of sp³-hybridized carbons (Fsp3) is 0.389. The Kier molecular flexibility index (Phi) is 8.15. The van der Waals surface area contributed by atoms with Gasteiger partial charge in [-0.2, -0.15) is 0 Å². The molecule has 0 bridgehead atoms. The monoisotopic (exact) mass is 408 g/mol. The van der Waals surface area contributed by atoms with E-state index in [2.05, 4.69) is 15.6 Å². The number of aliphatic hydroxyl groups excluding tert-OH is 1. The Morgan fingerprint density at radius 3 is 2.68 bits per heavy atom. The number of aromatic nitrogens is 2. The highest BCUT2D eigenvalue weighted by molar-refractivity contribution is 7.99. The standard InChI is InChI=1S/C18H24N4O5S/c1-4-19-16(24)9-22-12(10-23)8-20-18(22)28-11-17(25)21-14-7-13(26-2)5-6-15(14)27-3/h5-8,23H,4,9-11H2,1-3H3,(H,19,24)(H,21,25). The molecule has 0 aliphatic rings. The van der Waals surface area contributed by atoms with Crippen LogP contribution in [0.5, 0.6) is 11.5 Å². The molecule has 0 radical (unpaired) electrons. The molecule has 0 saturated carbocycles. The molecule has 28 heavy (non-hydrogen) atoms. The number of thioether (sulfide) groups is 1. The Labute approximate surface area is 167 Å². The van der Waals surface area contributed by atoms with Crippen LogP contribution in [0.4, 0.5) is 5.69 Å². The predicted octanol–water partition coefficient (Wildman–Crippen LogP) is 1.26. The van der Waals surface area contributed by atoms with Gasteiger partial charge < -0.3 is 29.8 Å². The number of nitrogens with zero attached hydrogens (tertiary/aromatic N) is 2. The van der Waals surface area contributed by atoms with Crippen LogP contribution in [0.1, 0.15) is 12.6 Å². The number of benzene rings is 1. The van der Waals surface area contributed by atoms with Gasteiger partial charge in [-0.3, -0.25) is 9.59 Å². The number of likely N-dealkylation sites (N-methyl/N-ethyl adjacent to an activating group) is 1. The van der Waals surface area contributed by atoms with Crippen molar-refractivity contribution in [3.8, 4) is 11.5 Å². The number of amides is 2. The predicted molar refractivity (Wildman–Crippen MR) is 106 cm³/mol. The molecule has 3 N–H and O–H groups in total. The van der Waals surface area contributed by atoms with Gasteiger partial charge in [0.15, 0.2) is 5.16 Å². The number of anilines is 1. The van der Waals surface area contributed by atoms with E-state index in [9.17, 15) is 14.7 Å². The molecule has 1 aromatic heterocycles. The highest BCUT2D eigenvalue weighted by Crippen LogP contribution is 2.29. The summed E-state index contributed by atoms with van der Waals surface area (Å²) in [6, 6.07) is 5.10. The third-order valence-corrected chi connectivity index (χ3v) is 4.74. The van der Waals surface area contributed by atoms with Gasteiger partial charge in [-0.05, 0) is 19.1 Å². The summed E-state index contributed by atoms with van der Waals surface area (Å²) in [4.78, 5) is 28.5. The van der Waals surface area contributed by atoms with E-state index in [0.29, 0.717) is 34.6 Å². The van der Waals surface area contributed by atoms with E-state index in [0.717, 1.165) is 0 Å². The zero-order valence-electron chi connectivity index (χ0n) is 16.0. The Hall–Kier alpha value is -2.72. The van der Waals surface area contributed by atoms with Crippen molar-refractivity contribution < 1.29 is 24.2 Å². The number of carbonyl (C=O) groups is 2. The average molecular weight is 408 g/mol. The first-order chi connectivity index (χ1) is 13.5. The summed E-state index contributed by atoms with van der Waals surface area (Å²) < 4.78 is 12.0. The van der Waals surface area contributed by atoms with Crippen molar-refractivity contribution >= 4 is 29.3 Å². The van der Waals surface area contributed by atoms with Crippen LogP contribution in [-0.2, 0) is 22.7 Å². The molecule has 1 aromatic carbocycles. The number of aliphatic hydroxyl groups is 1. The lowest BCUT2D eigenvalue weighted by Crippen LogP contribution is -2.28. The van der Waals surface area contributed by atoms with Gasteiger partial charge in [-0.25, -0.2) is 4.98 Å². The first-order valence-electron chi connectivity index (χ1n) is 8.59. The first-order valence-corrected chi connectivity index (χ1v) is 9.57. The highest BCUT2D eigenvalue weighted by atomic mass is 32.2. The molecule has 0 aliphatic carbocycles. The summed E-state index contributed by atoms with van der Waals surface area (Å²) in [6.07, 6.45) is 1.49. The smallest absolute Gasteiger partial charge is 0.240 e. The molecule has 0 saturated heterocycles. The van der Waals surface area contributed by atoms with E-state index in [4.69, 9.17) is 9.47 Å². The molecule has 1 heterocycles. The first kappa shape index (κ1) is 21.6. The van der Waals surface area contributed by atoms with E-state index in [1.807, 2.05) is 6.92 Å². The van der Waals surface area contributed by atoms with E-state index in [-0.39, 0.29) is 30.7 Å². The van der Waals surface area contributed by atoms with Gasteiger partial charge in [0.25, 0.3) is 0 Å². The lowest BCUT2D eigenvalue weighted by atomic mass is 10.2. The van der Waals surface area contributed by atoms with Crippen molar-refractivity contribution in [2.75, 3.05) is 31.8 Å². The van der Waals surface area contributed by atoms with Crippen LogP contribution in [0.15, 0.2) is 29.6 Å². The van der Waals surface area contributed by atoms with E-state index >= 15 is 0 Å². The summed E-state index contributed by atoms with van der Waals surface area (Å²) in [5, 5.41) is 15.4. The van der Waals surface area contributed by atoms with Gasteiger partial charge in [-0.15, -0.1) is 0 Å². The van der Waals surface area contributed by atoms with Gasteiger partial charge in [-0.1, -0.05) is 11.8 Å². The molecular formula is C18H24N4O5S. The maximum Gasteiger partial charge on any atom is 0.240 e. The van der Waals surface area contributed by atoms with Crippen molar-refractivity contribution in [3.05, 3.63) is 30.1 Å². The lowest BCUT2D eigenvalue weighted by Gasteiger charge is -2.12. The molecule has 0 atom stereocenters. The molecule has 2 aromatic rings. The molecule has 0 fully saturated rings. The third kappa shape index (κ3) is 5.64. The summed E-state index contributed by atoms with van der Waals surface area (Å²) in [7, 11) is 3.05. The topological polar surface area (TPSA) is 115 Å². The van der Waals surface area contributed by atoms with E-state index < -0.39 is 0 Å². The number of ether oxygens (including phenoxy) is 2. The summed E-state index contributed by atoms with van der Waals surface area (Å²) >= 11 is 1.17. The Morgan fingerprint density at radius 2 is 2.04 bits per heavy atom. The zero-order valence-corrected chi connectivity index (χ0v) is 16.8. The molecule has 10 heteroatoms. The zero-order chi connectivity index (χ0) is 20.5. The number of hydrogen-bond donors (Lipinski definition) is 3. The second-order valence-electron chi connectivity index (χ2n) is 5.63. The molecular weight excluding hydrogens is 384 g/mol. The minimum atomic E-state index is -0.269. The molecule has 0 unspecified atom stereocenters. The van der Waals surface area contributed by atoms with Crippen LogP contribution >= 0.6 is 11.8 Å². The van der Waals surface area contributed by atoms with Gasteiger partial charge >= 0.3 is 0 Å². The number of nitrogens with one attached hydrogen (secondary N) is 2. The van der Waals surface area contributed by atoms with Gasteiger partial charge in [0.2, 0.25) is 11.8 Å². The maximum absolute atomic E-state index is 12.4. The van der Waals surface area contributed by atoms with E-state index in [1.165, 1.54) is 32.2 Å². The quantitative estimate of drug-likeness (QED) is 0.507. The molecule has 2 rings (SSSR count). The van der Waals surface area contributed by atoms with Crippen molar-refractivity contribution in [1.82, 2.24) is 14.9 Å². The second kappa shape index (κ2) is 10.6. The van der Waals surface area contributed by atoms with E-state index in [1.54, 1.807) is 22.8 Å². The number of rotatable bonds is 10. The van der Waals surface area contributed by atoms with Crippen LogP contribution in [0, 0.1) is 0 Å². The SMILES string of the molecule is CCNC(=O)Cn1c(CO)cnc1SCC(=O)Nc1cc(OC)ccc1OC. The second-order valence-corrected chi connectivity index (χ2v) is 6.58. The fourth-order valence-corrected chi connectivity index (χ4v) is 3.22. The van der Waals surface area contributed by atoms with Crippen molar-refractivity contribution in [1.29, 1.82) is 0 Å². The molecule has 152 valence electrons. The third-order valence-electron chi connectivity index (χ3n) is 3.75. The molecule has 9 nitrogen and oxygen atoms in total. The van der Waals surface area contributed by atoms with Gasteiger partial charge in [0.1, 0.15) is 18.0 Å². The Morgan fingerprint density at radius 1 is 1.25 bits per heavy atom. The van der Waals surface area contributed by atoms with Crippen LogP contribution in [0.25, 0.3) is 0 Å². The van der Waals surface area contributed by atoms with Gasteiger partial charge in [0, 0.05) is 12.6 Å². The summed E-state index contributed by atoms with van der Waals surface area (Å²) in [5.41, 5.74) is 0.998. The van der Waals surface area contributed by atoms with Crippen molar-refractivity contribution in [2.24, 2.45) is 0 Å². The Bertz CT molecular complexity index is 824. The number of hydrogen-bond acceptors (Lipinski definition) is 7. The minimum Gasteiger partial charge on any atom is -0.497 e. The molecule has 0 spiro atoms. The minimum absolute atomic E-state index is 0.0252. The lowest BCUT2D eigenvalue weighted by molar-refractivity contribution is -0.121. The van der Waals surface area contributed by atoms with Crippen LogP contribution < -0.4 is 20.1 Å².